The summed E-state index contributed by atoms with van der Waals surface area (Å²) < 4.78 is 0.409. The van der Waals surface area contributed by atoms with Crippen LogP contribution in [0.2, 0.25) is 0 Å². The Morgan fingerprint density at radius 3 is 2.27 bits per heavy atom. The van der Waals surface area contributed by atoms with Gasteiger partial charge in [0.25, 0.3) is 0 Å². The molecule has 0 spiro atoms. The van der Waals surface area contributed by atoms with E-state index in [4.69, 9.17) is 0 Å². The van der Waals surface area contributed by atoms with E-state index in [1.165, 1.54) is 37.9 Å². The number of rotatable bonds is 8. The Morgan fingerprint density at radius 2 is 1.73 bits per heavy atom. The molecule has 0 nitrogen and oxygen atoms in total. The van der Waals surface area contributed by atoms with Crippen LogP contribution in [0.3, 0.4) is 0 Å². The third-order valence-corrected chi connectivity index (χ3v) is 5.80. The zero-order valence-corrected chi connectivity index (χ0v) is 12.8. The van der Waals surface area contributed by atoms with Crippen molar-refractivity contribution in [3.8, 4) is 0 Å². The van der Waals surface area contributed by atoms with Gasteiger partial charge in [-0.1, -0.05) is 81.9 Å². The summed E-state index contributed by atoms with van der Waals surface area (Å²) in [5.74, 6) is 2.20. The van der Waals surface area contributed by atoms with Crippen molar-refractivity contribution in [1.29, 1.82) is 0 Å². The van der Waals surface area contributed by atoms with Crippen LogP contribution in [0.15, 0.2) is 0 Å². The molecule has 0 saturated carbocycles. The molecule has 0 radical (unpaired) electrons. The minimum Gasteiger partial charge on any atom is -0.0933 e. The Morgan fingerprint density at radius 1 is 1.07 bits per heavy atom. The van der Waals surface area contributed by atoms with Crippen molar-refractivity contribution in [2.24, 2.45) is 5.92 Å². The fourth-order valence-electron chi connectivity index (χ4n) is 1.33. The molecule has 0 aliphatic rings. The monoisotopic (exact) mass is 248 g/mol. The van der Waals surface area contributed by atoms with E-state index in [1.54, 1.807) is 0 Å². The van der Waals surface area contributed by atoms with E-state index in [0.717, 1.165) is 5.92 Å². The summed E-state index contributed by atoms with van der Waals surface area (Å²) in [4.78, 5) is 0. The molecule has 15 heavy (non-hydrogen) atoms. The first kappa shape index (κ1) is 15.7. The van der Waals surface area contributed by atoms with E-state index in [1.807, 2.05) is 21.6 Å². The van der Waals surface area contributed by atoms with Crippen LogP contribution >= 0.6 is 21.6 Å². The molecule has 0 aromatic carbocycles. The van der Waals surface area contributed by atoms with Crippen LogP contribution in [0.4, 0.5) is 0 Å². The van der Waals surface area contributed by atoms with Gasteiger partial charge in [0.1, 0.15) is 0 Å². The van der Waals surface area contributed by atoms with Gasteiger partial charge in [-0.15, -0.1) is 0 Å². The summed E-state index contributed by atoms with van der Waals surface area (Å²) >= 11 is 0. The lowest BCUT2D eigenvalue weighted by Gasteiger charge is -2.18. The first-order valence-corrected chi connectivity index (χ1v) is 8.58. The fourth-order valence-corrected chi connectivity index (χ4v) is 4.11. The lowest BCUT2D eigenvalue weighted by molar-refractivity contribution is 0.531. The van der Waals surface area contributed by atoms with Crippen molar-refractivity contribution >= 4 is 21.6 Å². The predicted molar refractivity (Wildman–Crippen MR) is 77.7 cm³/mol. The summed E-state index contributed by atoms with van der Waals surface area (Å²) in [6, 6.07) is 0. The third-order valence-electron chi connectivity index (χ3n) is 2.21. The molecule has 2 heteroatoms. The Labute approximate surface area is 105 Å². The van der Waals surface area contributed by atoms with Gasteiger partial charge in [-0.25, -0.2) is 0 Å². The maximum Gasteiger partial charge on any atom is 0.0179 e. The largest absolute Gasteiger partial charge is 0.0933 e. The molecule has 0 aliphatic carbocycles. The lowest BCUT2D eigenvalue weighted by atomic mass is 10.0. The van der Waals surface area contributed by atoms with Crippen LogP contribution < -0.4 is 0 Å². The summed E-state index contributed by atoms with van der Waals surface area (Å²) in [6.07, 6.45) is 7.03. The van der Waals surface area contributed by atoms with Gasteiger partial charge < -0.3 is 0 Å². The number of hydrogen-bond acceptors (Lipinski definition) is 2. The van der Waals surface area contributed by atoms with Crippen LogP contribution in [0.5, 0.6) is 0 Å². The third kappa shape index (κ3) is 12.6. The van der Waals surface area contributed by atoms with Gasteiger partial charge in [0.05, 0.1) is 0 Å². The van der Waals surface area contributed by atoms with Gasteiger partial charge in [0.15, 0.2) is 0 Å². The van der Waals surface area contributed by atoms with Crippen molar-refractivity contribution in [1.82, 2.24) is 0 Å². The van der Waals surface area contributed by atoms with Crippen molar-refractivity contribution in [2.45, 2.75) is 71.5 Å². The first-order chi connectivity index (χ1) is 6.95. The van der Waals surface area contributed by atoms with Crippen molar-refractivity contribution in [3.63, 3.8) is 0 Å². The van der Waals surface area contributed by atoms with Gasteiger partial charge >= 0.3 is 0 Å². The van der Waals surface area contributed by atoms with E-state index in [0.29, 0.717) is 4.75 Å². The second-order valence-corrected chi connectivity index (χ2v) is 8.60. The molecule has 0 rings (SSSR count). The fraction of sp³-hybridized carbons (Fsp3) is 1.00. The normalized spacial score (nSPS) is 14.2. The van der Waals surface area contributed by atoms with Gasteiger partial charge in [0.2, 0.25) is 0 Å². The summed E-state index contributed by atoms with van der Waals surface area (Å²) in [5, 5.41) is 0. The maximum atomic E-state index is 2.39. The second kappa shape index (κ2) is 8.81. The minimum atomic E-state index is 0.409. The Bertz CT molecular complexity index is 138. The van der Waals surface area contributed by atoms with E-state index >= 15 is 0 Å². The molecule has 0 aromatic heterocycles. The van der Waals surface area contributed by atoms with Gasteiger partial charge in [0, 0.05) is 10.5 Å². The second-order valence-electron chi connectivity index (χ2n) is 5.43. The van der Waals surface area contributed by atoms with Crippen LogP contribution in [-0.4, -0.2) is 10.5 Å². The minimum absolute atomic E-state index is 0.409. The zero-order valence-electron chi connectivity index (χ0n) is 11.1. The average Bonchev–Trinajstić information content (AvgIpc) is 2.10. The highest BCUT2D eigenvalue weighted by molar-refractivity contribution is 8.77. The van der Waals surface area contributed by atoms with Crippen LogP contribution in [0.1, 0.15) is 66.7 Å². The van der Waals surface area contributed by atoms with Crippen LogP contribution in [-0.2, 0) is 0 Å². The van der Waals surface area contributed by atoms with Crippen molar-refractivity contribution in [2.75, 3.05) is 5.75 Å². The Balaban J connectivity index is 3.29. The number of hydrogen-bond donors (Lipinski definition) is 0. The van der Waals surface area contributed by atoms with Gasteiger partial charge in [-0.2, -0.15) is 0 Å². The van der Waals surface area contributed by atoms with Crippen LogP contribution in [0, 0.1) is 5.92 Å². The van der Waals surface area contributed by atoms with E-state index in [-0.39, 0.29) is 0 Å². The SMILES string of the molecule is CCCCCCC(C)CSSC(C)(C)C. The number of unbranched alkanes of at least 4 members (excludes halogenated alkanes) is 3. The molecule has 0 N–H and O–H groups in total. The van der Waals surface area contributed by atoms with E-state index in [9.17, 15) is 0 Å². The molecule has 0 heterocycles. The molecule has 0 bridgehead atoms. The Hall–Kier alpha value is 0.700. The summed E-state index contributed by atoms with van der Waals surface area (Å²) in [5.41, 5.74) is 0. The Kier molecular flexibility index (Phi) is 9.22. The maximum absolute atomic E-state index is 2.39. The molecule has 0 saturated heterocycles. The highest BCUT2D eigenvalue weighted by Gasteiger charge is 2.12. The molecular weight excluding hydrogens is 220 g/mol. The molecule has 0 amide bonds. The van der Waals surface area contributed by atoms with Crippen molar-refractivity contribution < 1.29 is 0 Å². The van der Waals surface area contributed by atoms with Gasteiger partial charge in [-0.3, -0.25) is 0 Å². The van der Waals surface area contributed by atoms with E-state index < -0.39 is 0 Å². The van der Waals surface area contributed by atoms with Crippen LogP contribution in [0.25, 0.3) is 0 Å². The molecule has 1 atom stereocenters. The molecule has 1 unspecified atom stereocenters. The lowest BCUT2D eigenvalue weighted by Crippen LogP contribution is -2.06. The molecule has 0 fully saturated rings. The standard InChI is InChI=1S/C13H28S2/c1-6-7-8-9-10-12(2)11-14-15-13(3,4)5/h12H,6-11H2,1-5H3. The summed E-state index contributed by atoms with van der Waals surface area (Å²) in [6.45, 7) is 11.5. The van der Waals surface area contributed by atoms with Crippen molar-refractivity contribution in [3.05, 3.63) is 0 Å². The quantitative estimate of drug-likeness (QED) is 0.395. The molecular formula is C13H28S2. The topological polar surface area (TPSA) is 0 Å². The first-order valence-electron chi connectivity index (χ1n) is 6.26. The summed E-state index contributed by atoms with van der Waals surface area (Å²) in [7, 11) is 4.07. The highest BCUT2D eigenvalue weighted by Crippen LogP contribution is 2.36. The smallest absolute Gasteiger partial charge is 0.0179 e. The predicted octanol–water partition coefficient (Wildman–Crippen LogP) is 5.77. The van der Waals surface area contributed by atoms with Gasteiger partial charge in [-0.05, 0) is 12.3 Å². The average molecular weight is 249 g/mol. The molecule has 0 aromatic rings. The molecule has 92 valence electrons. The van der Waals surface area contributed by atoms with E-state index in [2.05, 4.69) is 34.6 Å². The highest BCUT2D eigenvalue weighted by atomic mass is 33.1. The zero-order chi connectivity index (χ0) is 11.7. The molecule has 0 aliphatic heterocycles.